The van der Waals surface area contributed by atoms with Gasteiger partial charge in [0.15, 0.2) is 0 Å². The number of rotatable bonds is 21. The van der Waals surface area contributed by atoms with Gasteiger partial charge in [-0.3, -0.25) is 0 Å². The first kappa shape index (κ1) is 29.7. The van der Waals surface area contributed by atoms with Crippen molar-refractivity contribution in [3.63, 3.8) is 0 Å². The highest BCUT2D eigenvalue weighted by atomic mass is 35.5. The number of halogens is 1. The summed E-state index contributed by atoms with van der Waals surface area (Å²) in [5.41, 5.74) is 0. The largest absolute Gasteiger partial charge is 0.324 e. The summed E-state index contributed by atoms with van der Waals surface area (Å²) in [5, 5.41) is 0. The van der Waals surface area contributed by atoms with Crippen molar-refractivity contribution >= 4 is 19.5 Å². The van der Waals surface area contributed by atoms with Gasteiger partial charge in [0.25, 0.3) is 0 Å². The van der Waals surface area contributed by atoms with E-state index in [-0.39, 0.29) is 12.4 Å². The normalized spacial score (nSPS) is 11.5. The van der Waals surface area contributed by atoms with Crippen LogP contribution in [0.2, 0.25) is 0 Å². The van der Waals surface area contributed by atoms with Crippen molar-refractivity contribution in [3.8, 4) is 0 Å². The minimum absolute atomic E-state index is 0. The molecule has 0 radical (unpaired) electrons. The van der Waals surface area contributed by atoms with E-state index < -0.39 is 7.14 Å². The van der Waals surface area contributed by atoms with E-state index in [1.807, 2.05) is 0 Å². The zero-order valence-electron chi connectivity index (χ0n) is 19.1. The molecule has 0 heterocycles. The fourth-order valence-corrected chi connectivity index (χ4v) is 6.95. The van der Waals surface area contributed by atoms with E-state index in [0.717, 1.165) is 18.5 Å². The minimum atomic E-state index is -1.89. The maximum Gasteiger partial charge on any atom is 0.0877 e. The highest BCUT2D eigenvalue weighted by Gasteiger charge is 2.20. The van der Waals surface area contributed by atoms with Gasteiger partial charge in [0.1, 0.15) is 0 Å². The summed E-state index contributed by atoms with van der Waals surface area (Å²) in [4.78, 5) is 0. The molecule has 0 rings (SSSR count). The summed E-state index contributed by atoms with van der Waals surface area (Å²) in [6.45, 7) is 6.82. The topological polar surface area (TPSA) is 17.1 Å². The Kier molecular flexibility index (Phi) is 25.1. The number of hydrogen-bond acceptors (Lipinski definition) is 1. The van der Waals surface area contributed by atoms with Gasteiger partial charge in [-0.05, 0) is 19.3 Å². The van der Waals surface area contributed by atoms with Crippen LogP contribution >= 0.6 is 19.5 Å². The molecule has 0 aliphatic rings. The van der Waals surface area contributed by atoms with Crippen LogP contribution in [0, 0.1) is 0 Å². The lowest BCUT2D eigenvalue weighted by Gasteiger charge is -2.18. The van der Waals surface area contributed by atoms with Crippen LogP contribution in [0.1, 0.15) is 136 Å². The zero-order valence-corrected chi connectivity index (χ0v) is 20.8. The summed E-state index contributed by atoms with van der Waals surface area (Å²) in [5.74, 6) is 0. The summed E-state index contributed by atoms with van der Waals surface area (Å²) < 4.78 is 13.5. The Morgan fingerprint density at radius 2 is 0.630 bits per heavy atom. The molecule has 0 aromatic carbocycles. The lowest BCUT2D eigenvalue weighted by molar-refractivity contribution is 0.555. The standard InChI is InChI=1S/C24H51OP.ClH/c1-4-7-10-13-16-19-22-26(25,23-20-17-14-11-8-5-2)24-21-18-15-12-9-6-3;/h4-24H2,1-3H3;1H. The number of hydrogen-bond donors (Lipinski definition) is 0. The molecule has 0 atom stereocenters. The molecule has 0 N–H and O–H groups in total. The molecule has 0 aromatic rings. The van der Waals surface area contributed by atoms with Gasteiger partial charge in [0.05, 0.1) is 7.14 Å². The third-order valence-electron chi connectivity index (χ3n) is 5.76. The van der Waals surface area contributed by atoms with Crippen LogP contribution in [-0.2, 0) is 4.57 Å². The predicted octanol–water partition coefficient (Wildman–Crippen LogP) is 9.85. The Morgan fingerprint density at radius 1 is 0.407 bits per heavy atom. The van der Waals surface area contributed by atoms with Gasteiger partial charge in [-0.2, -0.15) is 0 Å². The molecule has 0 bridgehead atoms. The Morgan fingerprint density at radius 3 is 0.889 bits per heavy atom. The second-order valence-corrected chi connectivity index (χ2v) is 12.0. The van der Waals surface area contributed by atoms with Gasteiger partial charge in [0, 0.05) is 18.5 Å². The second kappa shape index (κ2) is 22.8. The van der Waals surface area contributed by atoms with E-state index in [2.05, 4.69) is 20.8 Å². The van der Waals surface area contributed by atoms with Gasteiger partial charge < -0.3 is 4.57 Å². The fourth-order valence-electron chi connectivity index (χ4n) is 3.88. The SMILES string of the molecule is CCCCCCCCP(=O)(CCCCCCCC)CCCCCCCC.Cl. The van der Waals surface area contributed by atoms with E-state index in [4.69, 9.17) is 0 Å². The molecule has 0 aromatic heterocycles. The van der Waals surface area contributed by atoms with Crippen LogP contribution in [0.5, 0.6) is 0 Å². The number of unbranched alkanes of at least 4 members (excludes halogenated alkanes) is 15. The average Bonchev–Trinajstić information content (AvgIpc) is 2.64. The lowest BCUT2D eigenvalue weighted by Crippen LogP contribution is -2.02. The van der Waals surface area contributed by atoms with Crippen molar-refractivity contribution in [2.24, 2.45) is 0 Å². The lowest BCUT2D eigenvalue weighted by atomic mass is 10.1. The Hall–Kier alpha value is 0.520. The molecule has 0 saturated heterocycles. The molecule has 0 saturated carbocycles. The van der Waals surface area contributed by atoms with Crippen molar-refractivity contribution < 1.29 is 4.57 Å². The monoisotopic (exact) mass is 422 g/mol. The molecule has 0 aliphatic carbocycles. The van der Waals surface area contributed by atoms with Crippen LogP contribution in [0.25, 0.3) is 0 Å². The molecular weight excluding hydrogens is 371 g/mol. The van der Waals surface area contributed by atoms with Gasteiger partial charge >= 0.3 is 0 Å². The smallest absolute Gasteiger partial charge is 0.0877 e. The van der Waals surface area contributed by atoms with E-state index >= 15 is 0 Å². The Balaban J connectivity index is 0. The predicted molar refractivity (Wildman–Crippen MR) is 130 cm³/mol. The Labute approximate surface area is 179 Å². The maximum atomic E-state index is 13.5. The molecular formula is C24H52ClOP. The fraction of sp³-hybridized carbons (Fsp3) is 1.00. The van der Waals surface area contributed by atoms with Gasteiger partial charge in [-0.25, -0.2) is 0 Å². The summed E-state index contributed by atoms with van der Waals surface area (Å²) in [6, 6.07) is 0. The van der Waals surface area contributed by atoms with Gasteiger partial charge in [-0.15, -0.1) is 12.4 Å². The van der Waals surface area contributed by atoms with Crippen molar-refractivity contribution in [2.45, 2.75) is 136 Å². The van der Waals surface area contributed by atoms with Gasteiger partial charge in [0.2, 0.25) is 0 Å². The molecule has 3 heteroatoms. The first-order valence-electron chi connectivity index (χ1n) is 12.3. The molecule has 27 heavy (non-hydrogen) atoms. The van der Waals surface area contributed by atoms with Crippen LogP contribution in [0.4, 0.5) is 0 Å². The molecule has 0 unspecified atom stereocenters. The second-order valence-electron chi connectivity index (χ2n) is 8.53. The zero-order chi connectivity index (χ0) is 19.3. The molecule has 166 valence electrons. The highest BCUT2D eigenvalue weighted by Crippen LogP contribution is 2.48. The van der Waals surface area contributed by atoms with E-state index in [0.29, 0.717) is 0 Å². The first-order chi connectivity index (χ1) is 12.7. The van der Waals surface area contributed by atoms with Gasteiger partial charge in [-0.1, -0.05) is 117 Å². The van der Waals surface area contributed by atoms with Crippen molar-refractivity contribution in [2.75, 3.05) is 18.5 Å². The Bertz CT molecular complexity index is 272. The van der Waals surface area contributed by atoms with E-state index in [9.17, 15) is 4.57 Å². The van der Waals surface area contributed by atoms with E-state index in [1.54, 1.807) is 0 Å². The first-order valence-corrected chi connectivity index (χ1v) is 14.5. The summed E-state index contributed by atoms with van der Waals surface area (Å²) in [6.07, 6.45) is 26.9. The summed E-state index contributed by atoms with van der Waals surface area (Å²) >= 11 is 0. The van der Waals surface area contributed by atoms with Crippen molar-refractivity contribution in [3.05, 3.63) is 0 Å². The third-order valence-corrected chi connectivity index (χ3v) is 9.15. The van der Waals surface area contributed by atoms with E-state index in [1.165, 1.54) is 116 Å². The molecule has 0 aliphatic heterocycles. The molecule has 0 fully saturated rings. The minimum Gasteiger partial charge on any atom is -0.324 e. The molecule has 0 spiro atoms. The summed E-state index contributed by atoms with van der Waals surface area (Å²) in [7, 11) is -1.89. The third kappa shape index (κ3) is 21.1. The quantitative estimate of drug-likeness (QED) is 0.133. The molecule has 0 amide bonds. The van der Waals surface area contributed by atoms with Crippen molar-refractivity contribution in [1.82, 2.24) is 0 Å². The van der Waals surface area contributed by atoms with Crippen LogP contribution in [-0.4, -0.2) is 18.5 Å². The van der Waals surface area contributed by atoms with Crippen LogP contribution < -0.4 is 0 Å². The van der Waals surface area contributed by atoms with Crippen LogP contribution in [0.15, 0.2) is 0 Å². The molecule has 1 nitrogen and oxygen atoms in total. The average molecular weight is 423 g/mol. The maximum absolute atomic E-state index is 13.5. The van der Waals surface area contributed by atoms with Crippen molar-refractivity contribution in [1.29, 1.82) is 0 Å². The van der Waals surface area contributed by atoms with Crippen LogP contribution in [0.3, 0.4) is 0 Å². The highest BCUT2D eigenvalue weighted by molar-refractivity contribution is 7.63.